The number of nitrogen functional groups attached to an aromatic ring is 1. The molecule has 0 aromatic heterocycles. The van der Waals surface area contributed by atoms with Gasteiger partial charge >= 0.3 is 0 Å². The summed E-state index contributed by atoms with van der Waals surface area (Å²) in [4.78, 5) is 4.77. The van der Waals surface area contributed by atoms with Crippen LogP contribution >= 0.6 is 15.9 Å². The van der Waals surface area contributed by atoms with Crippen molar-refractivity contribution in [2.24, 2.45) is 0 Å². The Kier molecular flexibility index (Phi) is 5.07. The minimum atomic E-state index is -0.609. The van der Waals surface area contributed by atoms with Gasteiger partial charge in [0.05, 0.1) is 5.60 Å². The van der Waals surface area contributed by atoms with Crippen LogP contribution in [0.2, 0.25) is 0 Å². The van der Waals surface area contributed by atoms with E-state index in [4.69, 9.17) is 5.73 Å². The van der Waals surface area contributed by atoms with E-state index in [0.29, 0.717) is 0 Å². The summed E-state index contributed by atoms with van der Waals surface area (Å²) in [6.07, 6.45) is 0. The normalized spacial score (nSPS) is 18.4. The lowest BCUT2D eigenvalue weighted by Crippen LogP contribution is -2.50. The number of rotatable bonds is 4. The first-order chi connectivity index (χ1) is 9.33. The second kappa shape index (κ2) is 6.43. The Balaban J connectivity index is 1.85. The molecular weight excluding hydrogens is 318 g/mol. The zero-order chi connectivity index (χ0) is 14.8. The molecule has 3 N–H and O–H groups in total. The summed E-state index contributed by atoms with van der Waals surface area (Å²) in [6, 6.07) is 5.99. The second-order valence-electron chi connectivity index (χ2n) is 6.22. The van der Waals surface area contributed by atoms with Crippen molar-refractivity contribution >= 4 is 21.6 Å². The predicted molar refractivity (Wildman–Crippen MR) is 86.6 cm³/mol. The lowest BCUT2D eigenvalue weighted by molar-refractivity contribution is 0.0166. The number of hydrogen-bond donors (Lipinski definition) is 2. The van der Waals surface area contributed by atoms with E-state index in [0.717, 1.165) is 49.4 Å². The number of benzene rings is 1. The van der Waals surface area contributed by atoms with E-state index in [-0.39, 0.29) is 0 Å². The fourth-order valence-electron chi connectivity index (χ4n) is 2.59. The molecule has 0 radical (unpaired) electrons. The molecule has 0 unspecified atom stereocenters. The molecule has 1 fully saturated rings. The van der Waals surface area contributed by atoms with Crippen molar-refractivity contribution in [2.75, 3.05) is 38.5 Å². The molecule has 20 heavy (non-hydrogen) atoms. The maximum absolute atomic E-state index is 9.86. The number of piperazine rings is 1. The van der Waals surface area contributed by atoms with Crippen molar-refractivity contribution in [2.45, 2.75) is 26.0 Å². The summed E-state index contributed by atoms with van der Waals surface area (Å²) in [6.45, 7) is 9.51. The average molecular weight is 342 g/mol. The van der Waals surface area contributed by atoms with Gasteiger partial charge in [0.2, 0.25) is 0 Å². The molecule has 1 aliphatic rings. The molecule has 4 nitrogen and oxygen atoms in total. The van der Waals surface area contributed by atoms with Crippen molar-refractivity contribution in [1.82, 2.24) is 9.80 Å². The summed E-state index contributed by atoms with van der Waals surface area (Å²) < 4.78 is 1.08. The van der Waals surface area contributed by atoms with E-state index in [1.807, 2.05) is 26.0 Å². The first kappa shape index (κ1) is 15.8. The monoisotopic (exact) mass is 341 g/mol. The number of aliphatic hydroxyl groups is 1. The number of anilines is 1. The quantitative estimate of drug-likeness (QED) is 0.821. The summed E-state index contributed by atoms with van der Waals surface area (Å²) in [5, 5.41) is 9.86. The molecule has 1 aliphatic heterocycles. The van der Waals surface area contributed by atoms with Crippen LogP contribution in [0.5, 0.6) is 0 Å². The molecular formula is C15H24BrN3O. The molecule has 0 bridgehead atoms. The highest BCUT2D eigenvalue weighted by Crippen LogP contribution is 2.22. The van der Waals surface area contributed by atoms with Gasteiger partial charge in [0.1, 0.15) is 0 Å². The third kappa shape index (κ3) is 4.74. The SMILES string of the molecule is CC(C)(O)CN1CCN(Cc2ccc(N)cc2Br)CC1. The molecule has 1 aromatic carbocycles. The summed E-state index contributed by atoms with van der Waals surface area (Å²) in [5.41, 5.74) is 7.22. The molecule has 1 heterocycles. The van der Waals surface area contributed by atoms with Crippen molar-refractivity contribution in [3.8, 4) is 0 Å². The standard InChI is InChI=1S/C15H24BrN3O/c1-15(2,20)11-19-7-5-18(6-8-19)10-12-3-4-13(17)9-14(12)16/h3-4,9,20H,5-8,10-11,17H2,1-2H3. The van der Waals surface area contributed by atoms with Gasteiger partial charge in [0.15, 0.2) is 0 Å². The van der Waals surface area contributed by atoms with Crippen LogP contribution in [0.15, 0.2) is 22.7 Å². The number of hydrogen-bond acceptors (Lipinski definition) is 4. The van der Waals surface area contributed by atoms with Crippen molar-refractivity contribution < 1.29 is 5.11 Å². The van der Waals surface area contributed by atoms with Crippen molar-refractivity contribution in [3.63, 3.8) is 0 Å². The lowest BCUT2D eigenvalue weighted by Gasteiger charge is -2.37. The van der Waals surface area contributed by atoms with Gasteiger partial charge in [-0.1, -0.05) is 22.0 Å². The first-order valence-electron chi connectivity index (χ1n) is 7.04. The maximum atomic E-state index is 9.86. The van der Waals surface area contributed by atoms with Gasteiger partial charge in [-0.2, -0.15) is 0 Å². The maximum Gasteiger partial charge on any atom is 0.0718 e. The van der Waals surface area contributed by atoms with E-state index >= 15 is 0 Å². The van der Waals surface area contributed by atoms with Gasteiger partial charge < -0.3 is 10.8 Å². The van der Waals surface area contributed by atoms with Gasteiger partial charge in [0, 0.05) is 49.4 Å². The molecule has 5 heteroatoms. The van der Waals surface area contributed by atoms with Crippen LogP contribution in [0.25, 0.3) is 0 Å². The molecule has 0 amide bonds. The number of nitrogens with two attached hydrogens (primary N) is 1. The van der Waals surface area contributed by atoms with E-state index in [9.17, 15) is 5.11 Å². The molecule has 1 aromatic rings. The van der Waals surface area contributed by atoms with Crippen LogP contribution in [0.4, 0.5) is 5.69 Å². The molecule has 1 saturated heterocycles. The van der Waals surface area contributed by atoms with Gasteiger partial charge in [0.25, 0.3) is 0 Å². The highest BCUT2D eigenvalue weighted by molar-refractivity contribution is 9.10. The molecule has 112 valence electrons. The Morgan fingerprint density at radius 2 is 1.80 bits per heavy atom. The van der Waals surface area contributed by atoms with Crippen LogP contribution in [0.3, 0.4) is 0 Å². The molecule has 0 atom stereocenters. The van der Waals surface area contributed by atoms with Crippen molar-refractivity contribution in [3.05, 3.63) is 28.2 Å². The van der Waals surface area contributed by atoms with E-state index < -0.39 is 5.60 Å². The smallest absolute Gasteiger partial charge is 0.0718 e. The highest BCUT2D eigenvalue weighted by atomic mass is 79.9. The zero-order valence-corrected chi connectivity index (χ0v) is 13.9. The third-order valence-corrected chi connectivity index (χ3v) is 4.28. The summed E-state index contributed by atoms with van der Waals surface area (Å²) >= 11 is 3.58. The largest absolute Gasteiger partial charge is 0.399 e. The summed E-state index contributed by atoms with van der Waals surface area (Å²) in [7, 11) is 0. The zero-order valence-electron chi connectivity index (χ0n) is 12.3. The third-order valence-electron chi connectivity index (χ3n) is 3.55. The fraction of sp³-hybridized carbons (Fsp3) is 0.600. The van der Waals surface area contributed by atoms with Gasteiger partial charge in [-0.05, 0) is 31.5 Å². The van der Waals surface area contributed by atoms with Crippen molar-refractivity contribution in [1.29, 1.82) is 0 Å². The second-order valence-corrected chi connectivity index (χ2v) is 7.07. The lowest BCUT2D eigenvalue weighted by atomic mass is 10.1. The fourth-order valence-corrected chi connectivity index (χ4v) is 3.11. The summed E-state index contributed by atoms with van der Waals surface area (Å²) in [5.74, 6) is 0. The van der Waals surface area contributed by atoms with Gasteiger partial charge in [-0.3, -0.25) is 9.80 Å². The topological polar surface area (TPSA) is 52.7 Å². The molecule has 0 saturated carbocycles. The Morgan fingerprint density at radius 3 is 2.35 bits per heavy atom. The molecule has 0 spiro atoms. The van der Waals surface area contributed by atoms with Crippen LogP contribution in [-0.4, -0.2) is 53.2 Å². The number of β-amino-alcohol motifs (C(OH)–C–C–N with tert-alkyl or cyclic N) is 1. The Hall–Kier alpha value is -0.620. The van der Waals surface area contributed by atoms with Gasteiger partial charge in [-0.25, -0.2) is 0 Å². The Bertz CT molecular complexity index is 451. The highest BCUT2D eigenvalue weighted by Gasteiger charge is 2.22. The van der Waals surface area contributed by atoms with E-state index in [2.05, 4.69) is 31.8 Å². The van der Waals surface area contributed by atoms with Gasteiger partial charge in [-0.15, -0.1) is 0 Å². The van der Waals surface area contributed by atoms with E-state index in [1.54, 1.807) is 0 Å². The van der Waals surface area contributed by atoms with Crippen LogP contribution in [-0.2, 0) is 6.54 Å². The van der Waals surface area contributed by atoms with Crippen LogP contribution in [0, 0.1) is 0 Å². The van der Waals surface area contributed by atoms with E-state index in [1.165, 1.54) is 5.56 Å². The molecule has 2 rings (SSSR count). The Morgan fingerprint density at radius 1 is 1.20 bits per heavy atom. The number of halogens is 1. The average Bonchev–Trinajstić information content (AvgIpc) is 2.33. The minimum absolute atomic E-state index is 0.609. The number of nitrogens with zero attached hydrogens (tertiary/aromatic N) is 2. The Labute approximate surface area is 129 Å². The minimum Gasteiger partial charge on any atom is -0.399 e. The molecule has 0 aliphatic carbocycles. The predicted octanol–water partition coefficient (Wildman–Crippen LogP) is 1.92. The van der Waals surface area contributed by atoms with Crippen LogP contribution < -0.4 is 5.73 Å². The van der Waals surface area contributed by atoms with Crippen LogP contribution in [0.1, 0.15) is 19.4 Å². The first-order valence-corrected chi connectivity index (χ1v) is 7.84.